The summed E-state index contributed by atoms with van der Waals surface area (Å²) >= 11 is 11.7. The third-order valence-electron chi connectivity index (χ3n) is 3.31. The van der Waals surface area contributed by atoms with Gasteiger partial charge in [0, 0.05) is 12.1 Å². The maximum atomic E-state index is 14.5. The van der Waals surface area contributed by atoms with E-state index in [0.29, 0.717) is 0 Å². The van der Waals surface area contributed by atoms with Gasteiger partial charge in [-0.3, -0.25) is 14.9 Å². The van der Waals surface area contributed by atoms with Gasteiger partial charge in [0.2, 0.25) is 0 Å². The van der Waals surface area contributed by atoms with Crippen LogP contribution >= 0.6 is 23.2 Å². The predicted molar refractivity (Wildman–Crippen MR) is 89.8 cm³/mol. The van der Waals surface area contributed by atoms with Crippen LogP contribution in [0.2, 0.25) is 10.0 Å². The number of hydrogen-bond acceptors (Lipinski definition) is 6. The van der Waals surface area contributed by atoms with Gasteiger partial charge in [-0.2, -0.15) is 0 Å². The molecule has 10 heteroatoms. The van der Waals surface area contributed by atoms with E-state index in [2.05, 4.69) is 10.1 Å². The number of rotatable bonds is 7. The van der Waals surface area contributed by atoms with Crippen LogP contribution in [-0.4, -0.2) is 29.3 Å². The number of ketones is 1. The van der Waals surface area contributed by atoms with Crippen molar-refractivity contribution in [1.82, 2.24) is 0 Å². The molecule has 0 saturated heterocycles. The van der Waals surface area contributed by atoms with Gasteiger partial charge in [-0.25, -0.2) is 9.18 Å². The van der Waals surface area contributed by atoms with Crippen molar-refractivity contribution in [3.05, 3.63) is 43.7 Å². The number of anilines is 1. The van der Waals surface area contributed by atoms with E-state index in [9.17, 15) is 24.1 Å². The van der Waals surface area contributed by atoms with Crippen LogP contribution in [0.4, 0.5) is 15.8 Å². The van der Waals surface area contributed by atoms with Crippen LogP contribution in [0.1, 0.15) is 30.1 Å². The van der Waals surface area contributed by atoms with Crippen molar-refractivity contribution < 1.29 is 23.6 Å². The highest BCUT2D eigenvalue weighted by Crippen LogP contribution is 2.44. The highest BCUT2D eigenvalue weighted by molar-refractivity contribution is 6.41. The fourth-order valence-corrected chi connectivity index (χ4v) is 2.68. The molecular weight excluding hydrogens is 378 g/mol. The van der Waals surface area contributed by atoms with E-state index in [1.807, 2.05) is 0 Å². The monoisotopic (exact) mass is 390 g/mol. The minimum Gasteiger partial charge on any atom is -0.463 e. The molecule has 0 unspecified atom stereocenters. The van der Waals surface area contributed by atoms with Crippen LogP contribution in [-0.2, 0) is 9.53 Å². The number of ether oxygens (including phenoxy) is 1. The summed E-state index contributed by atoms with van der Waals surface area (Å²) in [7, 11) is 0. The number of nitro benzene ring substituents is 1. The number of nitrogens with one attached hydrogen (secondary N) is 1. The first-order chi connectivity index (χ1) is 11.8. The first-order valence-corrected chi connectivity index (χ1v) is 8.04. The van der Waals surface area contributed by atoms with E-state index in [1.54, 1.807) is 6.92 Å². The van der Waals surface area contributed by atoms with Crippen molar-refractivity contribution in [3.63, 3.8) is 0 Å². The van der Waals surface area contributed by atoms with E-state index >= 15 is 0 Å². The summed E-state index contributed by atoms with van der Waals surface area (Å²) in [4.78, 5) is 33.8. The summed E-state index contributed by atoms with van der Waals surface area (Å²) in [5.41, 5.74) is -1.68. The summed E-state index contributed by atoms with van der Waals surface area (Å²) in [5, 5.41) is 12.5. The number of esters is 1. The topological polar surface area (TPSA) is 98.5 Å². The molecule has 1 aromatic carbocycles. The lowest BCUT2D eigenvalue weighted by Gasteiger charge is -2.14. The smallest absolute Gasteiger partial charge is 0.330 e. The minimum atomic E-state index is -1.14. The molecule has 1 N–H and O–H groups in total. The largest absolute Gasteiger partial charge is 0.463 e. The Labute approximate surface area is 151 Å². The number of carbonyl (C=O) groups is 2. The Kier molecular flexibility index (Phi) is 5.97. The molecule has 0 aliphatic heterocycles. The molecule has 1 aromatic rings. The Balaban J connectivity index is 2.54. The molecule has 0 spiro atoms. The van der Waals surface area contributed by atoms with Crippen LogP contribution < -0.4 is 5.32 Å². The lowest BCUT2D eigenvalue weighted by Crippen LogP contribution is -2.12. The molecular formula is C15H13Cl2FN2O5. The number of benzene rings is 1. The second kappa shape index (κ2) is 7.79. The number of allylic oxidation sites excluding steroid dienone is 1. The average molecular weight is 391 g/mol. The SMILES string of the molecule is CCOC(=O)/C=C/C(=O)c1c(Cl)c([N+](=O)[O-])c(Cl)c(F)c1NC1CC1. The second-order valence-electron chi connectivity index (χ2n) is 5.17. The van der Waals surface area contributed by atoms with Gasteiger partial charge in [-0.15, -0.1) is 0 Å². The number of carbonyl (C=O) groups excluding carboxylic acids is 2. The quantitative estimate of drug-likeness (QED) is 0.189. The number of nitrogens with zero attached hydrogens (tertiary/aromatic N) is 1. The van der Waals surface area contributed by atoms with Gasteiger partial charge in [0.25, 0.3) is 0 Å². The molecule has 2 rings (SSSR count). The lowest BCUT2D eigenvalue weighted by molar-refractivity contribution is -0.384. The number of halogens is 3. The Morgan fingerprint density at radius 3 is 2.52 bits per heavy atom. The summed E-state index contributed by atoms with van der Waals surface area (Å²) in [6.45, 7) is 1.69. The highest BCUT2D eigenvalue weighted by atomic mass is 35.5. The van der Waals surface area contributed by atoms with Gasteiger partial charge in [0.1, 0.15) is 5.02 Å². The van der Waals surface area contributed by atoms with Gasteiger partial charge < -0.3 is 10.1 Å². The summed E-state index contributed by atoms with van der Waals surface area (Å²) in [6, 6.07) is -0.0799. The third kappa shape index (κ3) is 4.26. The highest BCUT2D eigenvalue weighted by Gasteiger charge is 2.34. The molecule has 0 bridgehead atoms. The zero-order valence-corrected chi connectivity index (χ0v) is 14.5. The van der Waals surface area contributed by atoms with E-state index < -0.39 is 43.8 Å². The second-order valence-corrected chi connectivity index (χ2v) is 5.92. The maximum absolute atomic E-state index is 14.5. The summed E-state index contributed by atoms with van der Waals surface area (Å²) in [6.07, 6.45) is 3.14. The third-order valence-corrected chi connectivity index (χ3v) is 4.02. The Morgan fingerprint density at radius 2 is 2.00 bits per heavy atom. The Bertz CT molecular complexity index is 778. The number of hydrogen-bond donors (Lipinski definition) is 1. The molecule has 1 aliphatic carbocycles. The summed E-state index contributed by atoms with van der Waals surface area (Å²) < 4.78 is 19.1. The van der Waals surface area contributed by atoms with E-state index in [-0.39, 0.29) is 18.3 Å². The molecule has 0 heterocycles. The van der Waals surface area contributed by atoms with Crippen molar-refractivity contribution in [2.75, 3.05) is 11.9 Å². The predicted octanol–water partition coefficient (Wildman–Crippen LogP) is 3.92. The van der Waals surface area contributed by atoms with Gasteiger partial charge in [0.05, 0.1) is 22.8 Å². The Hall–Kier alpha value is -2.19. The molecule has 0 amide bonds. The number of nitro groups is 1. The van der Waals surface area contributed by atoms with Crippen molar-refractivity contribution >= 4 is 46.3 Å². The van der Waals surface area contributed by atoms with Gasteiger partial charge in [0.15, 0.2) is 16.6 Å². The van der Waals surface area contributed by atoms with Crippen molar-refractivity contribution in [3.8, 4) is 0 Å². The van der Waals surface area contributed by atoms with Crippen LogP contribution in [0.25, 0.3) is 0 Å². The van der Waals surface area contributed by atoms with Gasteiger partial charge in [-0.05, 0) is 25.8 Å². The molecule has 7 nitrogen and oxygen atoms in total. The summed E-state index contributed by atoms with van der Waals surface area (Å²) in [5.74, 6) is -2.81. The van der Waals surface area contributed by atoms with Crippen LogP contribution in [0.3, 0.4) is 0 Å². The van der Waals surface area contributed by atoms with Crippen LogP contribution in [0.5, 0.6) is 0 Å². The van der Waals surface area contributed by atoms with Gasteiger partial charge >= 0.3 is 11.7 Å². The van der Waals surface area contributed by atoms with Crippen molar-refractivity contribution in [1.29, 1.82) is 0 Å². The van der Waals surface area contributed by atoms with E-state index in [4.69, 9.17) is 23.2 Å². The lowest BCUT2D eigenvalue weighted by atomic mass is 10.1. The van der Waals surface area contributed by atoms with E-state index in [1.165, 1.54) is 0 Å². The van der Waals surface area contributed by atoms with Gasteiger partial charge in [-0.1, -0.05) is 23.2 Å². The van der Waals surface area contributed by atoms with Crippen LogP contribution in [0.15, 0.2) is 12.2 Å². The molecule has 1 aliphatic rings. The Morgan fingerprint density at radius 1 is 1.36 bits per heavy atom. The minimum absolute atomic E-state index is 0.0799. The average Bonchev–Trinajstić information content (AvgIpc) is 3.34. The zero-order chi connectivity index (χ0) is 18.7. The molecule has 0 radical (unpaired) electrons. The molecule has 1 fully saturated rings. The molecule has 0 aromatic heterocycles. The zero-order valence-electron chi connectivity index (χ0n) is 13.0. The first kappa shape index (κ1) is 19.1. The maximum Gasteiger partial charge on any atom is 0.330 e. The molecule has 25 heavy (non-hydrogen) atoms. The standard InChI is InChI=1S/C15H13Cl2FN2O5/c1-2-25-9(22)6-5-8(21)10-11(16)15(20(23)24)12(17)13(18)14(10)19-7-3-4-7/h5-7,19H,2-4H2,1H3/b6-5+. The van der Waals surface area contributed by atoms with Crippen LogP contribution in [0, 0.1) is 15.9 Å². The fraction of sp³-hybridized carbons (Fsp3) is 0.333. The van der Waals surface area contributed by atoms with Crippen molar-refractivity contribution in [2.24, 2.45) is 0 Å². The normalized spacial score (nSPS) is 13.8. The molecule has 1 saturated carbocycles. The van der Waals surface area contributed by atoms with E-state index in [0.717, 1.165) is 25.0 Å². The van der Waals surface area contributed by atoms with Crippen molar-refractivity contribution in [2.45, 2.75) is 25.8 Å². The first-order valence-electron chi connectivity index (χ1n) is 7.28. The molecule has 134 valence electrons. The fourth-order valence-electron chi connectivity index (χ4n) is 2.02. The molecule has 0 atom stereocenters.